The Kier molecular flexibility index (Phi) is 28.1. The number of ether oxygens (including phenoxy) is 1. The number of carbonyl (C=O) groups excluding carboxylic acids is 10. The van der Waals surface area contributed by atoms with E-state index in [0.29, 0.717) is 35.5 Å². The van der Waals surface area contributed by atoms with E-state index in [-0.39, 0.29) is 89.3 Å². The summed E-state index contributed by atoms with van der Waals surface area (Å²) in [6, 6.07) is 14.4. The highest BCUT2D eigenvalue weighted by Gasteiger charge is 2.40. The molecule has 1 aliphatic rings. The van der Waals surface area contributed by atoms with Crippen LogP contribution in [0.5, 0.6) is 5.75 Å². The molecule has 27 nitrogen and oxygen atoms in total. The summed E-state index contributed by atoms with van der Waals surface area (Å²) in [4.78, 5) is 147. The molecule has 0 radical (unpaired) electrons. The average molecular weight is 1180 g/mol. The van der Waals surface area contributed by atoms with Crippen molar-refractivity contribution in [2.45, 2.75) is 147 Å². The topological polar surface area (TPSA) is 448 Å². The zero-order valence-corrected chi connectivity index (χ0v) is 48.7. The van der Waals surface area contributed by atoms with Crippen molar-refractivity contribution in [2.75, 3.05) is 26.2 Å². The van der Waals surface area contributed by atoms with Crippen molar-refractivity contribution < 1.29 is 52.7 Å². The fourth-order valence-electron chi connectivity index (χ4n) is 9.37. The summed E-state index contributed by atoms with van der Waals surface area (Å²) in [6.45, 7) is 7.46. The van der Waals surface area contributed by atoms with Crippen LogP contribution in [0.1, 0.15) is 95.8 Å². The zero-order valence-electron chi connectivity index (χ0n) is 48.7. The highest BCUT2D eigenvalue weighted by molar-refractivity contribution is 5.99. The minimum absolute atomic E-state index is 0.00458. The maximum Gasteiger partial charge on any atom is 0.245 e. The number of nitrogens with one attached hydrogen (secondary N) is 7. The Morgan fingerprint density at radius 2 is 1.06 bits per heavy atom. The van der Waals surface area contributed by atoms with Gasteiger partial charge in [-0.1, -0.05) is 93.6 Å². The standard InChI is InChI=1S/C58H84N16O11/c1-5-39(56(84)74-29-15-22-45(74)54(82)70-41(21-14-28-66-58(63)64)50(78)69-40(49(60)77)20-13-27-65-57(61)62)68-52(80)44(33-46(59)75)72-55(83)48(34(3)4)73-53(81)43(30-35-16-9-7-10-17-35)71-51(79)42(31-37-23-25-38(26-24-37)85-6-2)67-47(76)32-36-18-11-8-12-19-36/h7-12,16-19,23-26,34,39-45,48H,5-6,13-15,20-22,27-33H2,1-4H3,(H2,59,75)(H2,60,77)(H,67,76)(H,68,80)(H,69,78)(H,70,82)(H,71,79)(H,72,83)(H,73,81)(H4,61,62,65)(H4,63,64,66)/t39-,40-,41-,42+,43-,44-,45-,48-/m0/s1. The number of carbonyl (C=O) groups is 10. The lowest BCUT2D eigenvalue weighted by Gasteiger charge is -2.31. The molecular formula is C58H84N16O11. The van der Waals surface area contributed by atoms with Crippen LogP contribution in [0.3, 0.4) is 0 Å². The fraction of sp³-hybridized carbons (Fsp3) is 0.483. The van der Waals surface area contributed by atoms with Gasteiger partial charge in [0.15, 0.2) is 11.9 Å². The highest BCUT2D eigenvalue weighted by atomic mass is 16.5. The predicted octanol–water partition coefficient (Wildman–Crippen LogP) is -1.97. The Morgan fingerprint density at radius 1 is 0.565 bits per heavy atom. The first-order valence-corrected chi connectivity index (χ1v) is 28.4. The Hall–Kier alpha value is -9.30. The molecule has 10 amide bonds. The Morgan fingerprint density at radius 3 is 1.60 bits per heavy atom. The normalized spacial score (nSPS) is 15.2. The van der Waals surface area contributed by atoms with E-state index in [4.69, 9.17) is 39.1 Å². The van der Waals surface area contributed by atoms with Crippen molar-refractivity contribution in [2.24, 2.45) is 50.3 Å². The summed E-state index contributed by atoms with van der Waals surface area (Å²) < 4.78 is 5.58. The third-order valence-electron chi connectivity index (χ3n) is 13.8. The van der Waals surface area contributed by atoms with Gasteiger partial charge in [-0.2, -0.15) is 0 Å². The van der Waals surface area contributed by atoms with E-state index in [1.807, 2.05) is 13.0 Å². The van der Waals surface area contributed by atoms with Crippen molar-refractivity contribution in [3.05, 3.63) is 102 Å². The number of hydrogen-bond acceptors (Lipinski definition) is 13. The van der Waals surface area contributed by atoms with Crippen LogP contribution in [0.4, 0.5) is 0 Å². The second kappa shape index (κ2) is 35.0. The number of rotatable bonds is 35. The van der Waals surface area contributed by atoms with E-state index in [9.17, 15) is 47.9 Å². The average Bonchev–Trinajstić information content (AvgIpc) is 4.25. The number of amides is 10. The molecule has 1 aliphatic heterocycles. The van der Waals surface area contributed by atoms with E-state index in [1.54, 1.807) is 99.6 Å². The molecule has 0 bridgehead atoms. The van der Waals surface area contributed by atoms with Gasteiger partial charge in [0.05, 0.1) is 19.4 Å². The van der Waals surface area contributed by atoms with Gasteiger partial charge >= 0.3 is 0 Å². The van der Waals surface area contributed by atoms with Crippen molar-refractivity contribution in [3.8, 4) is 5.75 Å². The van der Waals surface area contributed by atoms with Crippen LogP contribution in [0.2, 0.25) is 0 Å². The number of likely N-dealkylation sites (tertiary alicyclic amines) is 1. The Balaban J connectivity index is 1.52. The predicted molar refractivity (Wildman–Crippen MR) is 318 cm³/mol. The molecule has 8 atom stereocenters. The molecular weight excluding hydrogens is 1100 g/mol. The molecule has 1 fully saturated rings. The molecule has 0 spiro atoms. The van der Waals surface area contributed by atoms with Gasteiger partial charge in [-0.15, -0.1) is 0 Å². The molecule has 1 saturated heterocycles. The molecule has 0 aromatic heterocycles. The number of benzene rings is 3. The van der Waals surface area contributed by atoms with Crippen molar-refractivity contribution >= 4 is 71.0 Å². The largest absolute Gasteiger partial charge is 0.494 e. The van der Waals surface area contributed by atoms with Gasteiger partial charge in [0.25, 0.3) is 0 Å². The van der Waals surface area contributed by atoms with Crippen molar-refractivity contribution in [3.63, 3.8) is 0 Å². The van der Waals surface area contributed by atoms with Crippen LogP contribution in [-0.4, -0.2) is 150 Å². The van der Waals surface area contributed by atoms with Crippen LogP contribution in [-0.2, 0) is 67.2 Å². The molecule has 19 N–H and O–H groups in total. The van der Waals surface area contributed by atoms with Crippen LogP contribution in [0, 0.1) is 5.92 Å². The second-order valence-corrected chi connectivity index (χ2v) is 20.9. The summed E-state index contributed by atoms with van der Waals surface area (Å²) in [5, 5.41) is 18.8. The number of primary amides is 2. The number of nitrogens with zero attached hydrogens (tertiary/aromatic N) is 3. The number of nitrogens with two attached hydrogens (primary N) is 6. The molecule has 462 valence electrons. The summed E-state index contributed by atoms with van der Waals surface area (Å²) in [5.41, 5.74) is 35.0. The van der Waals surface area contributed by atoms with E-state index in [2.05, 4.69) is 47.2 Å². The molecule has 1 heterocycles. The lowest BCUT2D eigenvalue weighted by Crippen LogP contribution is -2.61. The van der Waals surface area contributed by atoms with Crippen molar-refractivity contribution in [1.82, 2.24) is 42.1 Å². The first kappa shape index (κ1) is 68.2. The fourth-order valence-corrected chi connectivity index (χ4v) is 9.37. The quantitative estimate of drug-likeness (QED) is 0.0173. The maximum atomic E-state index is 14.5. The number of guanidine groups is 2. The van der Waals surface area contributed by atoms with Crippen LogP contribution in [0.15, 0.2) is 94.9 Å². The van der Waals surface area contributed by atoms with Crippen LogP contribution in [0.25, 0.3) is 0 Å². The van der Waals surface area contributed by atoms with Crippen LogP contribution >= 0.6 is 0 Å². The molecule has 4 rings (SSSR count). The van der Waals surface area contributed by atoms with Gasteiger partial charge in [-0.3, -0.25) is 57.9 Å². The maximum absolute atomic E-state index is 14.5. The summed E-state index contributed by atoms with van der Waals surface area (Å²) >= 11 is 0. The molecule has 27 heteroatoms. The lowest BCUT2D eigenvalue weighted by atomic mass is 9.99. The highest BCUT2D eigenvalue weighted by Crippen LogP contribution is 2.21. The summed E-state index contributed by atoms with van der Waals surface area (Å²) in [5.74, 6) is -8.19. The first-order valence-electron chi connectivity index (χ1n) is 28.4. The molecule has 0 saturated carbocycles. The van der Waals surface area contributed by atoms with Crippen molar-refractivity contribution in [1.29, 1.82) is 0 Å². The Bertz CT molecular complexity index is 2800. The third-order valence-corrected chi connectivity index (χ3v) is 13.8. The van der Waals surface area contributed by atoms with E-state index >= 15 is 0 Å². The zero-order chi connectivity index (χ0) is 62.6. The SMILES string of the molecule is CCOc1ccc(C[C@@H](NC(=O)Cc2ccccc2)C(=O)N[C@@H](Cc2ccccc2)C(=O)N[C@H](C(=O)N[C@@H](CC(N)=O)C(=O)N[C@@H](CC)C(=O)N2CCC[C@H]2C(=O)N[C@@H](CCCN=C(N)N)C(=O)N[C@@H](CCCN=C(N)N)C(N)=O)C(C)C)cc1. The molecule has 85 heavy (non-hydrogen) atoms. The van der Waals surface area contributed by atoms with E-state index in [1.165, 1.54) is 4.90 Å². The van der Waals surface area contributed by atoms with Gasteiger partial charge in [-0.25, -0.2) is 0 Å². The van der Waals surface area contributed by atoms with Gasteiger partial charge in [0.1, 0.15) is 54.1 Å². The lowest BCUT2D eigenvalue weighted by molar-refractivity contribution is -0.143. The minimum Gasteiger partial charge on any atom is -0.494 e. The number of aliphatic imine (C=N–C) groups is 2. The van der Waals surface area contributed by atoms with Crippen LogP contribution < -0.4 is 76.4 Å². The summed E-state index contributed by atoms with van der Waals surface area (Å²) in [7, 11) is 0. The van der Waals surface area contributed by atoms with Gasteiger partial charge < -0.3 is 81.3 Å². The molecule has 0 aliphatic carbocycles. The van der Waals surface area contributed by atoms with Gasteiger partial charge in [-0.05, 0) is 86.6 Å². The summed E-state index contributed by atoms with van der Waals surface area (Å²) in [6.07, 6.45) is 0.325. The molecule has 3 aromatic carbocycles. The second-order valence-electron chi connectivity index (χ2n) is 20.9. The Labute approximate surface area is 494 Å². The first-order chi connectivity index (χ1) is 40.5. The monoisotopic (exact) mass is 1180 g/mol. The van der Waals surface area contributed by atoms with E-state index < -0.39 is 120 Å². The van der Waals surface area contributed by atoms with Gasteiger partial charge in [0, 0.05) is 32.5 Å². The molecule has 0 unspecified atom stereocenters. The smallest absolute Gasteiger partial charge is 0.245 e. The number of hydrogen-bond donors (Lipinski definition) is 13. The molecule has 3 aromatic rings. The minimum atomic E-state index is -1.67. The van der Waals surface area contributed by atoms with E-state index in [0.717, 1.165) is 0 Å². The third kappa shape index (κ3) is 23.5. The van der Waals surface area contributed by atoms with Gasteiger partial charge in [0.2, 0.25) is 59.1 Å².